The third-order valence-corrected chi connectivity index (χ3v) is 7.62. The Morgan fingerprint density at radius 2 is 2.05 bits per heavy atom. The number of rotatable bonds is 1. The van der Waals surface area contributed by atoms with Crippen molar-refractivity contribution < 1.29 is 8.42 Å². The Labute approximate surface area is 133 Å². The number of likely N-dealkylation sites (tertiary alicyclic amines) is 1. The Balaban J connectivity index is 1.91. The molecule has 1 saturated carbocycles. The Morgan fingerprint density at radius 3 is 2.82 bits per heavy atom. The molecule has 1 aromatic rings. The predicted octanol–water partition coefficient (Wildman–Crippen LogP) is 2.78. The van der Waals surface area contributed by atoms with E-state index < -0.39 is 9.84 Å². The molecule has 1 aromatic carbocycles. The summed E-state index contributed by atoms with van der Waals surface area (Å²) in [5, 5.41) is 0. The number of piperidine rings is 1. The van der Waals surface area contributed by atoms with Crippen LogP contribution in [-0.4, -0.2) is 39.2 Å². The highest BCUT2D eigenvalue weighted by Crippen LogP contribution is 2.55. The first-order valence-electron chi connectivity index (χ1n) is 8.45. The van der Waals surface area contributed by atoms with Crippen molar-refractivity contribution in [2.24, 2.45) is 5.92 Å². The van der Waals surface area contributed by atoms with Gasteiger partial charge in [-0.05, 0) is 68.5 Å². The van der Waals surface area contributed by atoms with E-state index in [2.05, 4.69) is 18.0 Å². The van der Waals surface area contributed by atoms with Crippen LogP contribution in [0.2, 0.25) is 0 Å². The molecule has 0 spiro atoms. The SMILES string of the molecule is CN1CC[C@]23CCCC[C@@H]2[C@H]1Cc1ccc(S(C)(=O)=O)cc13. The number of likely N-dealkylation sites (N-methyl/N-ethyl adjacent to an activating group) is 1. The highest BCUT2D eigenvalue weighted by atomic mass is 32.2. The van der Waals surface area contributed by atoms with Crippen molar-refractivity contribution in [1.29, 1.82) is 0 Å². The van der Waals surface area contributed by atoms with E-state index in [0.29, 0.717) is 16.9 Å². The van der Waals surface area contributed by atoms with Crippen LogP contribution in [0.5, 0.6) is 0 Å². The summed E-state index contributed by atoms with van der Waals surface area (Å²) in [5.74, 6) is 0.710. The first-order chi connectivity index (χ1) is 10.4. The molecule has 3 aliphatic rings. The maximum absolute atomic E-state index is 12.0. The summed E-state index contributed by atoms with van der Waals surface area (Å²) < 4.78 is 24.0. The van der Waals surface area contributed by atoms with Crippen LogP contribution in [0, 0.1) is 5.92 Å². The third-order valence-electron chi connectivity index (χ3n) is 6.51. The molecule has 2 aliphatic carbocycles. The molecule has 3 atom stereocenters. The van der Waals surface area contributed by atoms with Gasteiger partial charge in [0, 0.05) is 17.7 Å². The molecule has 0 unspecified atom stereocenters. The summed E-state index contributed by atoms with van der Waals surface area (Å²) in [4.78, 5) is 3.05. The lowest BCUT2D eigenvalue weighted by Gasteiger charge is -2.58. The quantitative estimate of drug-likeness (QED) is 0.799. The van der Waals surface area contributed by atoms with Crippen LogP contribution in [0.15, 0.2) is 23.1 Å². The molecule has 1 aliphatic heterocycles. The van der Waals surface area contributed by atoms with Crippen LogP contribution in [0.25, 0.3) is 0 Å². The topological polar surface area (TPSA) is 37.4 Å². The fourth-order valence-corrected chi connectivity index (χ4v) is 6.05. The minimum atomic E-state index is -3.13. The fourth-order valence-electron chi connectivity index (χ4n) is 5.41. The van der Waals surface area contributed by atoms with Gasteiger partial charge in [0.2, 0.25) is 0 Å². The Kier molecular flexibility index (Phi) is 3.22. The van der Waals surface area contributed by atoms with Crippen LogP contribution in [0.1, 0.15) is 43.2 Å². The van der Waals surface area contributed by atoms with E-state index in [-0.39, 0.29) is 5.41 Å². The second-order valence-electron chi connectivity index (χ2n) is 7.60. The van der Waals surface area contributed by atoms with Gasteiger partial charge in [0.05, 0.1) is 4.90 Å². The van der Waals surface area contributed by atoms with E-state index in [1.807, 2.05) is 12.1 Å². The zero-order valence-electron chi connectivity index (χ0n) is 13.5. The van der Waals surface area contributed by atoms with Gasteiger partial charge in [-0.25, -0.2) is 8.42 Å². The zero-order valence-corrected chi connectivity index (χ0v) is 14.3. The van der Waals surface area contributed by atoms with Crippen molar-refractivity contribution in [1.82, 2.24) is 4.90 Å². The van der Waals surface area contributed by atoms with Crippen LogP contribution < -0.4 is 0 Å². The van der Waals surface area contributed by atoms with Crippen molar-refractivity contribution in [2.75, 3.05) is 19.8 Å². The molecule has 1 saturated heterocycles. The van der Waals surface area contributed by atoms with Gasteiger partial charge in [0.15, 0.2) is 9.84 Å². The van der Waals surface area contributed by atoms with E-state index in [1.165, 1.54) is 49.5 Å². The van der Waals surface area contributed by atoms with E-state index in [1.54, 1.807) is 0 Å². The number of benzene rings is 1. The molecule has 0 N–H and O–H groups in total. The summed E-state index contributed by atoms with van der Waals surface area (Å²) >= 11 is 0. The Bertz CT molecular complexity index is 712. The van der Waals surface area contributed by atoms with Crippen molar-refractivity contribution in [3.8, 4) is 0 Å². The largest absolute Gasteiger partial charge is 0.303 e. The van der Waals surface area contributed by atoms with Crippen LogP contribution in [0.3, 0.4) is 0 Å². The average Bonchev–Trinajstić information content (AvgIpc) is 2.49. The molecular formula is C18H25NO2S. The molecule has 0 radical (unpaired) electrons. The van der Waals surface area contributed by atoms with Gasteiger partial charge in [0.1, 0.15) is 0 Å². The summed E-state index contributed by atoms with van der Waals surface area (Å²) in [6, 6.07) is 6.56. The lowest BCUT2D eigenvalue weighted by atomic mass is 9.52. The number of nitrogens with zero attached hydrogens (tertiary/aromatic N) is 1. The lowest BCUT2D eigenvalue weighted by Crippen LogP contribution is -2.59. The Hall–Kier alpha value is -0.870. The zero-order chi connectivity index (χ0) is 15.5. The van der Waals surface area contributed by atoms with Crippen LogP contribution in [-0.2, 0) is 21.7 Å². The molecule has 4 rings (SSSR count). The van der Waals surface area contributed by atoms with Gasteiger partial charge >= 0.3 is 0 Å². The van der Waals surface area contributed by atoms with Crippen LogP contribution >= 0.6 is 0 Å². The van der Waals surface area contributed by atoms with Crippen molar-refractivity contribution in [3.63, 3.8) is 0 Å². The summed E-state index contributed by atoms with van der Waals surface area (Å²) in [7, 11) is -0.863. The number of sulfone groups is 1. The smallest absolute Gasteiger partial charge is 0.175 e. The average molecular weight is 319 g/mol. The van der Waals surface area contributed by atoms with Crippen molar-refractivity contribution >= 4 is 9.84 Å². The summed E-state index contributed by atoms with van der Waals surface area (Å²) in [6.07, 6.45) is 8.76. The first kappa shape index (κ1) is 14.7. The minimum absolute atomic E-state index is 0.240. The van der Waals surface area contributed by atoms with Crippen molar-refractivity contribution in [3.05, 3.63) is 29.3 Å². The normalized spacial score (nSPS) is 34.8. The van der Waals surface area contributed by atoms with E-state index in [0.717, 1.165) is 13.0 Å². The second-order valence-corrected chi connectivity index (χ2v) is 9.62. The van der Waals surface area contributed by atoms with E-state index >= 15 is 0 Å². The maximum Gasteiger partial charge on any atom is 0.175 e. The molecule has 22 heavy (non-hydrogen) atoms. The molecule has 3 nitrogen and oxygen atoms in total. The summed E-state index contributed by atoms with van der Waals surface area (Å²) in [5.41, 5.74) is 3.00. The minimum Gasteiger partial charge on any atom is -0.303 e. The lowest BCUT2D eigenvalue weighted by molar-refractivity contribution is 0.00271. The van der Waals surface area contributed by atoms with E-state index in [9.17, 15) is 8.42 Å². The van der Waals surface area contributed by atoms with E-state index in [4.69, 9.17) is 0 Å². The molecule has 2 fully saturated rings. The molecule has 2 bridgehead atoms. The molecule has 0 amide bonds. The molecular weight excluding hydrogens is 294 g/mol. The highest BCUT2D eigenvalue weighted by Gasteiger charge is 2.53. The number of hydrogen-bond acceptors (Lipinski definition) is 3. The van der Waals surface area contributed by atoms with Crippen molar-refractivity contribution in [2.45, 2.75) is 54.9 Å². The van der Waals surface area contributed by atoms with Gasteiger partial charge in [-0.2, -0.15) is 0 Å². The number of fused-ring (bicyclic) bond motifs is 1. The molecule has 4 heteroatoms. The fraction of sp³-hybridized carbons (Fsp3) is 0.667. The highest BCUT2D eigenvalue weighted by molar-refractivity contribution is 7.90. The first-order valence-corrected chi connectivity index (χ1v) is 10.3. The molecule has 1 heterocycles. The molecule has 120 valence electrons. The standard InChI is InChI=1S/C18H25NO2S/c1-19-10-9-18-8-4-3-5-15(18)17(19)11-13-6-7-14(12-16(13)18)22(2,20)21/h6-7,12,15,17H,3-5,8-11H2,1-2H3/t15-,17-,18-/m1/s1. The monoisotopic (exact) mass is 319 g/mol. The third kappa shape index (κ3) is 2.00. The van der Waals surface area contributed by atoms with Gasteiger partial charge in [-0.15, -0.1) is 0 Å². The van der Waals surface area contributed by atoms with Gasteiger partial charge in [-0.3, -0.25) is 0 Å². The second kappa shape index (κ2) is 4.81. The predicted molar refractivity (Wildman–Crippen MR) is 87.9 cm³/mol. The Morgan fingerprint density at radius 1 is 1.23 bits per heavy atom. The summed E-state index contributed by atoms with van der Waals surface area (Å²) in [6.45, 7) is 1.14. The number of hydrogen-bond donors (Lipinski definition) is 0. The maximum atomic E-state index is 12.0. The molecule has 0 aromatic heterocycles. The van der Waals surface area contributed by atoms with Gasteiger partial charge < -0.3 is 4.90 Å². The van der Waals surface area contributed by atoms with Gasteiger partial charge in [0.25, 0.3) is 0 Å². The van der Waals surface area contributed by atoms with Crippen LogP contribution in [0.4, 0.5) is 0 Å². The van der Waals surface area contributed by atoms with Gasteiger partial charge in [-0.1, -0.05) is 18.9 Å².